The van der Waals surface area contributed by atoms with Crippen LogP contribution in [0.2, 0.25) is 0 Å². The molecule has 1 rings (SSSR count). The van der Waals surface area contributed by atoms with Crippen LogP contribution >= 0.6 is 0 Å². The molecule has 0 unspecified atom stereocenters. The Morgan fingerprint density at radius 2 is 1.80 bits per heavy atom. The lowest BCUT2D eigenvalue weighted by molar-refractivity contribution is -0.326. The van der Waals surface area contributed by atoms with Crippen molar-refractivity contribution < 1.29 is 18.3 Å². The lowest BCUT2D eigenvalue weighted by Crippen LogP contribution is -2.14. The first-order chi connectivity index (χ1) is 7.09. The molecule has 0 aromatic carbocycles. The molecule has 0 bridgehead atoms. The van der Waals surface area contributed by atoms with E-state index in [9.17, 15) is 8.78 Å². The van der Waals surface area contributed by atoms with Crippen molar-refractivity contribution in [3.8, 4) is 0 Å². The summed E-state index contributed by atoms with van der Waals surface area (Å²) in [4.78, 5) is 0. The molecule has 1 saturated heterocycles. The lowest BCUT2D eigenvalue weighted by atomic mass is 10.3. The fraction of sp³-hybridized carbons (Fsp3) is 0.455. The third kappa shape index (κ3) is 4.14. The minimum Gasteiger partial charge on any atom is -0.396 e. The summed E-state index contributed by atoms with van der Waals surface area (Å²) in [7, 11) is 0. The Morgan fingerprint density at radius 1 is 1.27 bits per heavy atom. The highest BCUT2D eigenvalue weighted by molar-refractivity contribution is 5.26. The first-order valence-electron chi connectivity index (χ1n) is 4.88. The van der Waals surface area contributed by atoms with E-state index in [4.69, 9.17) is 0 Å². The van der Waals surface area contributed by atoms with Gasteiger partial charge in [-0.3, -0.25) is 0 Å². The molecule has 0 radical (unpaired) electrons. The van der Waals surface area contributed by atoms with E-state index in [1.165, 1.54) is 18.2 Å². The van der Waals surface area contributed by atoms with Crippen molar-refractivity contribution in [3.05, 3.63) is 36.3 Å². The summed E-state index contributed by atoms with van der Waals surface area (Å²) in [5.41, 5.74) is 0. The van der Waals surface area contributed by atoms with Crippen molar-refractivity contribution in [1.29, 1.82) is 0 Å². The maximum absolute atomic E-state index is 12.5. The Morgan fingerprint density at radius 3 is 2.27 bits per heavy atom. The molecule has 86 valence electrons. The normalized spacial score (nSPS) is 22.7. The van der Waals surface area contributed by atoms with Crippen molar-refractivity contribution in [1.82, 2.24) is 0 Å². The van der Waals surface area contributed by atoms with Crippen LogP contribution in [0.4, 0.5) is 8.78 Å². The van der Waals surface area contributed by atoms with Crippen LogP contribution in [0, 0.1) is 0 Å². The molecule has 4 heteroatoms. The monoisotopic (exact) mass is 218 g/mol. The zero-order valence-electron chi connectivity index (χ0n) is 9.22. The van der Waals surface area contributed by atoms with Crippen molar-refractivity contribution in [3.63, 3.8) is 0 Å². The first kappa shape index (κ1) is 13.7. The van der Waals surface area contributed by atoms with Crippen LogP contribution in [0.15, 0.2) is 36.3 Å². The number of alkyl halides is 2. The van der Waals surface area contributed by atoms with E-state index in [2.05, 4.69) is 16.1 Å². The summed E-state index contributed by atoms with van der Waals surface area (Å²) < 4.78 is 33.5. The summed E-state index contributed by atoms with van der Waals surface area (Å²) in [6.45, 7) is 9.20. The predicted molar refractivity (Wildman–Crippen MR) is 55.1 cm³/mol. The topological polar surface area (TPSA) is 18.5 Å². The van der Waals surface area contributed by atoms with E-state index in [0.717, 1.165) is 0 Å². The summed E-state index contributed by atoms with van der Waals surface area (Å²) in [5.74, 6) is 0.0780. The highest BCUT2D eigenvalue weighted by Crippen LogP contribution is 2.36. The van der Waals surface area contributed by atoms with E-state index in [-0.39, 0.29) is 11.5 Å². The molecule has 0 aromatic rings. The maximum atomic E-state index is 12.5. The highest BCUT2D eigenvalue weighted by Gasteiger charge is 2.45. The maximum Gasteiger partial charge on any atom is 0.586 e. The number of allylic oxidation sites excluding steroid dienone is 3. The highest BCUT2D eigenvalue weighted by atomic mass is 19.3. The molecule has 0 amide bonds. The van der Waals surface area contributed by atoms with Crippen molar-refractivity contribution >= 4 is 0 Å². The average Bonchev–Trinajstić information content (AvgIpc) is 2.46. The van der Waals surface area contributed by atoms with Crippen LogP contribution in [0.3, 0.4) is 0 Å². The molecule has 1 heterocycles. The van der Waals surface area contributed by atoms with Gasteiger partial charge in [-0.2, -0.15) is 0 Å². The molecule has 0 spiro atoms. The van der Waals surface area contributed by atoms with Gasteiger partial charge in [-0.25, -0.2) is 0 Å². The summed E-state index contributed by atoms with van der Waals surface area (Å²) in [6.07, 6.45) is 1.28. The van der Waals surface area contributed by atoms with Gasteiger partial charge in [-0.05, 0) is 18.6 Å². The van der Waals surface area contributed by atoms with Gasteiger partial charge in [0.05, 0.1) is 0 Å². The SMILES string of the molecule is C=C/C=C1/OC(F)(F)O/C1=C/CC.CC. The number of hydrogen-bond donors (Lipinski definition) is 0. The van der Waals surface area contributed by atoms with Crippen LogP contribution in [0.5, 0.6) is 0 Å². The van der Waals surface area contributed by atoms with Gasteiger partial charge in [0.25, 0.3) is 0 Å². The van der Waals surface area contributed by atoms with Gasteiger partial charge in [0.2, 0.25) is 0 Å². The molecular formula is C11H16F2O2. The zero-order chi connectivity index (χ0) is 11.9. The van der Waals surface area contributed by atoms with Crippen LogP contribution in [-0.4, -0.2) is 6.29 Å². The van der Waals surface area contributed by atoms with Crippen molar-refractivity contribution in [2.24, 2.45) is 0 Å². The van der Waals surface area contributed by atoms with E-state index >= 15 is 0 Å². The van der Waals surface area contributed by atoms with Gasteiger partial charge in [0.15, 0.2) is 11.5 Å². The van der Waals surface area contributed by atoms with E-state index in [0.29, 0.717) is 6.42 Å². The Bertz CT molecular complexity index is 268. The molecule has 1 aliphatic rings. The second kappa shape index (κ2) is 6.22. The third-order valence-corrected chi connectivity index (χ3v) is 1.36. The zero-order valence-corrected chi connectivity index (χ0v) is 9.22. The van der Waals surface area contributed by atoms with Crippen LogP contribution in [0.1, 0.15) is 27.2 Å². The Balaban J connectivity index is 0.000000921. The predicted octanol–water partition coefficient (Wildman–Crippen LogP) is 3.97. The molecule has 15 heavy (non-hydrogen) atoms. The second-order valence-corrected chi connectivity index (χ2v) is 2.41. The van der Waals surface area contributed by atoms with Gasteiger partial charge in [0.1, 0.15) is 0 Å². The van der Waals surface area contributed by atoms with Gasteiger partial charge >= 0.3 is 6.29 Å². The van der Waals surface area contributed by atoms with Crippen LogP contribution in [0.25, 0.3) is 0 Å². The summed E-state index contributed by atoms with van der Waals surface area (Å²) >= 11 is 0. The molecule has 1 fully saturated rings. The van der Waals surface area contributed by atoms with Crippen molar-refractivity contribution in [2.75, 3.05) is 0 Å². The smallest absolute Gasteiger partial charge is 0.396 e. The van der Waals surface area contributed by atoms with E-state index < -0.39 is 6.29 Å². The fourth-order valence-electron chi connectivity index (χ4n) is 0.928. The largest absolute Gasteiger partial charge is 0.586 e. The van der Waals surface area contributed by atoms with E-state index in [1.54, 1.807) is 0 Å². The molecule has 0 aromatic heterocycles. The third-order valence-electron chi connectivity index (χ3n) is 1.36. The summed E-state index contributed by atoms with van der Waals surface area (Å²) in [6, 6.07) is 0. The van der Waals surface area contributed by atoms with E-state index in [1.807, 2.05) is 20.8 Å². The number of ether oxygens (including phenoxy) is 2. The van der Waals surface area contributed by atoms with Gasteiger partial charge < -0.3 is 9.47 Å². The average molecular weight is 218 g/mol. The lowest BCUT2D eigenvalue weighted by Gasteiger charge is -2.03. The van der Waals surface area contributed by atoms with Gasteiger partial charge in [-0.1, -0.05) is 33.4 Å². The summed E-state index contributed by atoms with van der Waals surface area (Å²) in [5, 5.41) is 0. The molecule has 0 N–H and O–H groups in total. The molecular weight excluding hydrogens is 202 g/mol. The number of hydrogen-bond acceptors (Lipinski definition) is 2. The van der Waals surface area contributed by atoms with Gasteiger partial charge in [-0.15, -0.1) is 8.78 Å². The quantitative estimate of drug-likeness (QED) is 0.698. The minimum absolute atomic E-state index is 0.0156. The van der Waals surface area contributed by atoms with Crippen molar-refractivity contribution in [2.45, 2.75) is 33.5 Å². The van der Waals surface area contributed by atoms with Crippen LogP contribution < -0.4 is 0 Å². The Hall–Kier alpha value is -1.32. The minimum atomic E-state index is -3.55. The molecule has 0 atom stereocenters. The fourth-order valence-corrected chi connectivity index (χ4v) is 0.928. The Kier molecular flexibility index (Phi) is 5.67. The number of rotatable bonds is 2. The molecule has 0 aliphatic carbocycles. The standard InChI is InChI=1S/C9H10F2O2.C2H6/c1-3-5-7-8(6-4-2)13-9(10,11)12-7;1-2/h3,5-6H,1,4H2,2H3;1-2H3/b7-5+,8-6+;. The Labute approximate surface area is 88.9 Å². The second-order valence-electron chi connectivity index (χ2n) is 2.41. The van der Waals surface area contributed by atoms with Crippen LogP contribution in [-0.2, 0) is 9.47 Å². The molecule has 2 nitrogen and oxygen atoms in total. The first-order valence-corrected chi connectivity index (χ1v) is 4.88. The molecule has 1 aliphatic heterocycles. The number of halogens is 2. The van der Waals surface area contributed by atoms with Gasteiger partial charge in [0, 0.05) is 0 Å². The molecule has 0 saturated carbocycles.